The number of aliphatic imine (C=N–C) groups is 1. The number of hydrogen-bond acceptors (Lipinski definition) is 5. The number of aromatic nitrogens is 1. The molecule has 3 aromatic rings. The highest BCUT2D eigenvalue weighted by atomic mass is 32.1. The zero-order valence-electron chi connectivity index (χ0n) is 12.2. The third-order valence-electron chi connectivity index (χ3n) is 3.25. The minimum atomic E-state index is -0.625. The van der Waals surface area contributed by atoms with Crippen LogP contribution in [0.15, 0.2) is 75.9 Å². The monoisotopic (exact) mass is 342 g/mol. The summed E-state index contributed by atoms with van der Waals surface area (Å²) in [6, 6.07) is 12.3. The number of hydrogen-bond donors (Lipinski definition) is 0. The number of Topliss-reactive ketones (excluding diaryl/α,β-unsaturated/α-hetero) is 1. The van der Waals surface area contributed by atoms with E-state index in [4.69, 9.17) is 17.0 Å². The van der Waals surface area contributed by atoms with E-state index >= 15 is 0 Å². The minimum absolute atomic E-state index is 0.0515. The van der Waals surface area contributed by atoms with Gasteiger partial charge in [0.2, 0.25) is 11.8 Å². The first kappa shape index (κ1) is 15.6. The molecule has 0 aliphatic heterocycles. The normalized spacial score (nSPS) is 13.0. The van der Waals surface area contributed by atoms with Gasteiger partial charge in [-0.1, -0.05) is 12.1 Å². The maximum absolute atomic E-state index is 12.8. The number of furan rings is 1. The van der Waals surface area contributed by atoms with E-state index in [1.54, 1.807) is 23.0 Å². The summed E-state index contributed by atoms with van der Waals surface area (Å²) in [6.07, 6.45) is 5.24. The standard InChI is InChI=1S/C17H14N2O2S2/c20-16(14-7-5-11-23-14)15(19-8-2-1-3-9-19)17(22)18-12-13-6-4-10-21-13/h1-11,15H,12H2/t15-/m0/s1. The second-order valence-corrected chi connectivity index (χ2v) is 6.17. The SMILES string of the molecule is O=C(c1cccs1)[C@@H](C([S-])=NCc1ccco1)[n+]1ccccc1. The van der Waals surface area contributed by atoms with Gasteiger partial charge in [-0.05, 0) is 28.6 Å². The Balaban J connectivity index is 1.91. The number of rotatable bonds is 6. The van der Waals surface area contributed by atoms with Gasteiger partial charge in [0, 0.05) is 12.1 Å². The fourth-order valence-electron chi connectivity index (χ4n) is 2.16. The van der Waals surface area contributed by atoms with Crippen molar-refractivity contribution >= 4 is 34.8 Å². The molecule has 23 heavy (non-hydrogen) atoms. The minimum Gasteiger partial charge on any atom is -0.758 e. The summed E-state index contributed by atoms with van der Waals surface area (Å²) in [5, 5.41) is 2.22. The summed E-state index contributed by atoms with van der Waals surface area (Å²) in [5.41, 5.74) is 0. The number of thiophene rings is 1. The van der Waals surface area contributed by atoms with Crippen LogP contribution in [0.3, 0.4) is 0 Å². The molecule has 1 atom stereocenters. The van der Waals surface area contributed by atoms with Crippen LogP contribution in [0.1, 0.15) is 21.5 Å². The topological polar surface area (TPSA) is 46.5 Å². The van der Waals surface area contributed by atoms with Crippen LogP contribution in [0.2, 0.25) is 0 Å². The quantitative estimate of drug-likeness (QED) is 0.227. The highest BCUT2D eigenvalue weighted by Crippen LogP contribution is 2.17. The van der Waals surface area contributed by atoms with Crippen molar-refractivity contribution in [1.29, 1.82) is 0 Å². The molecule has 0 bridgehead atoms. The zero-order chi connectivity index (χ0) is 16.1. The van der Waals surface area contributed by atoms with Crippen LogP contribution >= 0.6 is 11.3 Å². The van der Waals surface area contributed by atoms with Crippen molar-refractivity contribution in [3.63, 3.8) is 0 Å². The predicted molar refractivity (Wildman–Crippen MR) is 91.5 cm³/mol. The Morgan fingerprint density at radius 2 is 2.04 bits per heavy atom. The fraction of sp³-hybridized carbons (Fsp3) is 0.118. The van der Waals surface area contributed by atoms with Crippen molar-refractivity contribution in [3.8, 4) is 0 Å². The second kappa shape index (κ2) is 7.30. The van der Waals surface area contributed by atoms with Crippen LogP contribution in [-0.4, -0.2) is 10.8 Å². The van der Waals surface area contributed by atoms with Crippen molar-refractivity contribution in [2.45, 2.75) is 12.6 Å². The van der Waals surface area contributed by atoms with E-state index in [-0.39, 0.29) is 5.78 Å². The summed E-state index contributed by atoms with van der Waals surface area (Å²) in [6.45, 7) is 0.327. The molecule has 4 nitrogen and oxygen atoms in total. The summed E-state index contributed by atoms with van der Waals surface area (Å²) in [4.78, 5) is 17.9. The Hall–Kier alpha value is -2.31. The Morgan fingerprint density at radius 3 is 2.70 bits per heavy atom. The third kappa shape index (κ3) is 3.72. The van der Waals surface area contributed by atoms with Gasteiger partial charge in [0.05, 0.1) is 17.7 Å². The zero-order valence-corrected chi connectivity index (χ0v) is 13.8. The molecular weight excluding hydrogens is 328 g/mol. The van der Waals surface area contributed by atoms with Crippen LogP contribution in [0.4, 0.5) is 0 Å². The highest BCUT2D eigenvalue weighted by molar-refractivity contribution is 7.77. The Bertz CT molecular complexity index is 781. The van der Waals surface area contributed by atoms with Crippen molar-refractivity contribution in [2.75, 3.05) is 0 Å². The molecule has 116 valence electrons. The lowest BCUT2D eigenvalue weighted by Crippen LogP contribution is -2.47. The smallest absolute Gasteiger partial charge is 0.244 e. The van der Waals surface area contributed by atoms with Crippen molar-refractivity contribution in [2.24, 2.45) is 4.99 Å². The average molecular weight is 342 g/mol. The number of carbonyl (C=O) groups is 1. The molecule has 0 radical (unpaired) electrons. The van der Waals surface area contributed by atoms with Gasteiger partial charge in [-0.3, -0.25) is 4.79 Å². The van der Waals surface area contributed by atoms with Crippen molar-refractivity contribution < 1.29 is 13.8 Å². The second-order valence-electron chi connectivity index (χ2n) is 4.80. The highest BCUT2D eigenvalue weighted by Gasteiger charge is 2.28. The van der Waals surface area contributed by atoms with Crippen LogP contribution < -0.4 is 4.57 Å². The Labute approximate surface area is 143 Å². The average Bonchev–Trinajstić information content (AvgIpc) is 3.27. The van der Waals surface area contributed by atoms with Crippen LogP contribution in [0.25, 0.3) is 0 Å². The number of ketones is 1. The molecule has 3 rings (SSSR count). The molecule has 3 aromatic heterocycles. The molecule has 3 heterocycles. The van der Waals surface area contributed by atoms with Crippen LogP contribution in [0, 0.1) is 0 Å². The van der Waals surface area contributed by atoms with Crippen LogP contribution in [0.5, 0.6) is 0 Å². The molecule has 0 unspecified atom stereocenters. The predicted octanol–water partition coefficient (Wildman–Crippen LogP) is 3.20. The van der Waals surface area contributed by atoms with E-state index < -0.39 is 6.04 Å². The first-order chi connectivity index (χ1) is 11.3. The number of pyridine rings is 1. The molecule has 0 aliphatic rings. The van der Waals surface area contributed by atoms with E-state index in [0.717, 1.165) is 0 Å². The molecule has 0 saturated carbocycles. The van der Waals surface area contributed by atoms with Gasteiger partial charge < -0.3 is 22.0 Å². The lowest BCUT2D eigenvalue weighted by atomic mass is 10.1. The third-order valence-corrected chi connectivity index (χ3v) is 4.49. The van der Waals surface area contributed by atoms with Gasteiger partial charge in [0.15, 0.2) is 12.4 Å². The largest absolute Gasteiger partial charge is 0.758 e. The molecule has 6 heteroatoms. The summed E-state index contributed by atoms with van der Waals surface area (Å²) in [5.74, 6) is 0.664. The summed E-state index contributed by atoms with van der Waals surface area (Å²) < 4.78 is 7.05. The Morgan fingerprint density at radius 1 is 1.22 bits per heavy atom. The first-order valence-electron chi connectivity index (χ1n) is 7.03. The van der Waals surface area contributed by atoms with E-state index in [1.165, 1.54) is 11.3 Å². The lowest BCUT2D eigenvalue weighted by Gasteiger charge is -2.17. The molecule has 0 saturated heterocycles. The van der Waals surface area contributed by atoms with Gasteiger partial charge in [-0.15, -0.1) is 11.3 Å². The van der Waals surface area contributed by atoms with E-state index in [1.807, 2.05) is 48.1 Å². The molecule has 0 aliphatic carbocycles. The van der Waals surface area contributed by atoms with Crippen molar-refractivity contribution in [1.82, 2.24) is 0 Å². The summed E-state index contributed by atoms with van der Waals surface area (Å²) in [7, 11) is 0. The van der Waals surface area contributed by atoms with Gasteiger partial charge >= 0.3 is 0 Å². The molecule has 0 fully saturated rings. The molecule has 0 amide bonds. The molecule has 0 spiro atoms. The summed E-state index contributed by atoms with van der Waals surface area (Å²) >= 11 is 6.84. The lowest BCUT2D eigenvalue weighted by molar-refractivity contribution is -0.691. The number of carbonyl (C=O) groups excluding carboxylic acids is 1. The maximum atomic E-state index is 12.8. The maximum Gasteiger partial charge on any atom is 0.244 e. The number of nitrogens with zero attached hydrogens (tertiary/aromatic N) is 2. The fourth-order valence-corrected chi connectivity index (χ4v) is 3.14. The van der Waals surface area contributed by atoms with Gasteiger partial charge in [0.25, 0.3) is 0 Å². The molecule has 0 N–H and O–H groups in total. The van der Waals surface area contributed by atoms with Gasteiger partial charge in [-0.2, -0.15) is 4.57 Å². The van der Waals surface area contributed by atoms with Gasteiger partial charge in [-0.25, -0.2) is 0 Å². The first-order valence-corrected chi connectivity index (χ1v) is 8.32. The van der Waals surface area contributed by atoms with Gasteiger partial charge in [0.1, 0.15) is 5.76 Å². The molecular formula is C17H14N2O2S2. The van der Waals surface area contributed by atoms with E-state index in [0.29, 0.717) is 22.2 Å². The molecule has 0 aromatic carbocycles. The van der Waals surface area contributed by atoms with E-state index in [2.05, 4.69) is 4.99 Å². The Kier molecular flexibility index (Phi) is 4.95. The van der Waals surface area contributed by atoms with Crippen LogP contribution in [-0.2, 0) is 19.2 Å². The van der Waals surface area contributed by atoms with E-state index in [9.17, 15) is 4.79 Å². The van der Waals surface area contributed by atoms with Crippen molar-refractivity contribution in [3.05, 3.63) is 77.1 Å².